The summed E-state index contributed by atoms with van der Waals surface area (Å²) in [5, 5.41) is 11.8. The zero-order valence-corrected chi connectivity index (χ0v) is 32.1. The summed E-state index contributed by atoms with van der Waals surface area (Å²) in [4.78, 5) is 15.7. The highest BCUT2D eigenvalue weighted by Crippen LogP contribution is 2.44. The quantitative estimate of drug-likeness (QED) is 0.144. The van der Waals surface area contributed by atoms with Crippen molar-refractivity contribution < 1.29 is 27.8 Å². The number of phenolic OH excluding ortho intramolecular Hbond substituents is 1. The lowest BCUT2D eigenvalue weighted by Gasteiger charge is -2.38. The highest BCUT2D eigenvalue weighted by molar-refractivity contribution is 6.90. The second-order valence-electron chi connectivity index (χ2n) is 16.2. The number of hydrogen-bond donors (Lipinski definition) is 1. The molecule has 0 radical (unpaired) electrons. The smallest absolute Gasteiger partial charge is 0.320 e. The predicted molar refractivity (Wildman–Crippen MR) is 199 cm³/mol. The molecule has 0 aliphatic carbocycles. The van der Waals surface area contributed by atoms with Crippen LogP contribution in [0.25, 0.3) is 32.8 Å². The Morgan fingerprint density at radius 2 is 1.76 bits per heavy atom. The van der Waals surface area contributed by atoms with Crippen LogP contribution in [-0.2, 0) is 0 Å². The van der Waals surface area contributed by atoms with Crippen LogP contribution in [0.2, 0.25) is 16.6 Å². The van der Waals surface area contributed by atoms with Gasteiger partial charge in [-0.25, -0.2) is 18.2 Å². The molecule has 2 aliphatic rings. The van der Waals surface area contributed by atoms with Gasteiger partial charge in [-0.1, -0.05) is 47.5 Å². The molecule has 51 heavy (non-hydrogen) atoms. The minimum absolute atomic E-state index is 0.0329. The second kappa shape index (κ2) is 13.6. The molecule has 0 spiro atoms. The number of phenols is 1. The SMILES string of the molecule is CC(C)[Si](C#Cc1nccc2cc(O)cc(-c3c(F)cc4c(OC(C)(C)C)nc(OC[C@@]56CCCN5C[C@H](F)C6)nc4c3F)c12)(C(C)C)C(C)C. The molecule has 0 unspecified atom stereocenters. The number of rotatable bonds is 8. The number of nitrogens with zero attached hydrogens (tertiary/aromatic N) is 4. The van der Waals surface area contributed by atoms with E-state index in [4.69, 9.17) is 9.47 Å². The largest absolute Gasteiger partial charge is 0.508 e. The van der Waals surface area contributed by atoms with E-state index in [1.807, 2.05) is 20.8 Å². The molecule has 2 aromatic carbocycles. The summed E-state index contributed by atoms with van der Waals surface area (Å²) in [5.74, 6) is 1.31. The minimum Gasteiger partial charge on any atom is -0.508 e. The normalized spacial score (nSPS) is 19.7. The van der Waals surface area contributed by atoms with Gasteiger partial charge in [0.2, 0.25) is 5.88 Å². The summed E-state index contributed by atoms with van der Waals surface area (Å²) in [6.45, 7) is 20.0. The molecule has 2 fully saturated rings. The lowest BCUT2D eigenvalue weighted by atomic mass is 9.95. The van der Waals surface area contributed by atoms with Crippen molar-refractivity contribution in [2.24, 2.45) is 0 Å². The molecule has 0 bridgehead atoms. The van der Waals surface area contributed by atoms with Crippen LogP contribution in [0.15, 0.2) is 30.5 Å². The first-order chi connectivity index (χ1) is 24.0. The lowest BCUT2D eigenvalue weighted by molar-refractivity contribution is 0.102. The second-order valence-corrected chi connectivity index (χ2v) is 21.8. The summed E-state index contributed by atoms with van der Waals surface area (Å²) in [7, 11) is -2.19. The van der Waals surface area contributed by atoms with Crippen LogP contribution < -0.4 is 9.47 Å². The molecule has 7 nitrogen and oxygen atoms in total. The Morgan fingerprint density at radius 3 is 2.43 bits per heavy atom. The van der Waals surface area contributed by atoms with Crippen molar-refractivity contribution in [2.45, 2.75) is 116 Å². The minimum atomic E-state index is -2.19. The van der Waals surface area contributed by atoms with E-state index in [0.29, 0.717) is 46.1 Å². The highest BCUT2D eigenvalue weighted by atomic mass is 28.3. The van der Waals surface area contributed by atoms with E-state index < -0.39 is 37.0 Å². The van der Waals surface area contributed by atoms with Crippen molar-refractivity contribution >= 4 is 29.7 Å². The number of aromatic nitrogens is 3. The fraction of sp³-hybridized carbons (Fsp3) is 0.525. The van der Waals surface area contributed by atoms with Gasteiger partial charge >= 0.3 is 6.01 Å². The van der Waals surface area contributed by atoms with E-state index >= 15 is 8.78 Å². The molecule has 11 heteroatoms. The van der Waals surface area contributed by atoms with Crippen molar-refractivity contribution in [1.29, 1.82) is 0 Å². The fourth-order valence-electron chi connectivity index (χ4n) is 8.67. The zero-order valence-electron chi connectivity index (χ0n) is 31.1. The number of benzene rings is 2. The molecular weight excluding hydrogens is 670 g/mol. The molecule has 1 N–H and O–H groups in total. The Hall–Kier alpha value is -3.88. The van der Waals surface area contributed by atoms with Gasteiger partial charge in [0.15, 0.2) is 5.82 Å². The topological polar surface area (TPSA) is 80.6 Å². The average Bonchev–Trinajstić information content (AvgIpc) is 3.55. The van der Waals surface area contributed by atoms with Gasteiger partial charge in [-0.3, -0.25) is 4.90 Å². The zero-order chi connectivity index (χ0) is 37.0. The van der Waals surface area contributed by atoms with Gasteiger partial charge in [-0.05, 0) is 86.4 Å². The maximum absolute atomic E-state index is 17.1. The van der Waals surface area contributed by atoms with Gasteiger partial charge in [0.1, 0.15) is 49.2 Å². The fourth-order valence-corrected chi connectivity index (χ4v) is 13.9. The highest BCUT2D eigenvalue weighted by Gasteiger charge is 2.49. The molecule has 272 valence electrons. The van der Waals surface area contributed by atoms with E-state index in [1.165, 1.54) is 6.07 Å². The van der Waals surface area contributed by atoms with E-state index in [0.717, 1.165) is 25.5 Å². The average molecular weight is 719 g/mol. The molecule has 2 saturated heterocycles. The van der Waals surface area contributed by atoms with E-state index in [9.17, 15) is 9.50 Å². The van der Waals surface area contributed by atoms with Crippen molar-refractivity contribution in [2.75, 3.05) is 19.7 Å². The van der Waals surface area contributed by atoms with Gasteiger partial charge in [0.05, 0.1) is 16.5 Å². The van der Waals surface area contributed by atoms with E-state index in [2.05, 4.69) is 72.9 Å². The number of halogens is 3. The first-order valence-electron chi connectivity index (χ1n) is 18.0. The Kier molecular flexibility index (Phi) is 9.83. The molecule has 2 atom stereocenters. The standard InChI is InChI=1S/C40H49F3N4O3Si/c1-23(2)51(24(3)4,25(5)6)16-12-32-33-26(11-14-44-32)17-28(48)18-29(33)34-31(42)19-30-36(35(34)43)45-38(46-37(30)50-39(7,8)9)49-22-40-13-10-15-47(40)21-27(41)20-40/h11,14,17-19,23-25,27,48H,10,13,15,20-22H2,1-9H3/t27-,40+/m1/s1. The number of ether oxygens (including phenoxy) is 2. The van der Waals surface area contributed by atoms with E-state index in [1.54, 1.807) is 18.3 Å². The number of alkyl halides is 1. The van der Waals surface area contributed by atoms with Crippen LogP contribution in [-0.4, -0.2) is 70.0 Å². The molecule has 2 aromatic heterocycles. The summed E-state index contributed by atoms with van der Waals surface area (Å²) in [6.07, 6.45) is 2.69. The van der Waals surface area contributed by atoms with Crippen LogP contribution in [0, 0.1) is 23.1 Å². The Balaban J connectivity index is 1.54. The third kappa shape index (κ3) is 6.77. The summed E-state index contributed by atoms with van der Waals surface area (Å²) >= 11 is 0. The molecule has 0 amide bonds. The molecular formula is C40H49F3N4O3Si. The van der Waals surface area contributed by atoms with Crippen LogP contribution in [0.3, 0.4) is 0 Å². The Morgan fingerprint density at radius 1 is 1.06 bits per heavy atom. The van der Waals surface area contributed by atoms with Gasteiger partial charge in [0, 0.05) is 30.1 Å². The van der Waals surface area contributed by atoms with Gasteiger partial charge < -0.3 is 14.6 Å². The molecule has 2 aliphatic heterocycles. The molecule has 6 rings (SSSR count). The summed E-state index contributed by atoms with van der Waals surface area (Å²) in [5.41, 5.74) is 3.41. The van der Waals surface area contributed by atoms with E-state index in [-0.39, 0.29) is 46.3 Å². The summed E-state index contributed by atoms with van der Waals surface area (Å²) < 4.78 is 60.2. The first kappa shape index (κ1) is 36.9. The van der Waals surface area contributed by atoms with Crippen LogP contribution in [0.4, 0.5) is 13.2 Å². The molecule has 0 saturated carbocycles. The molecule has 4 heterocycles. The van der Waals surface area contributed by atoms with Crippen molar-refractivity contribution in [3.8, 4) is 40.2 Å². The Labute approximate surface area is 300 Å². The molecule has 4 aromatic rings. The third-order valence-corrected chi connectivity index (χ3v) is 17.1. The van der Waals surface area contributed by atoms with Crippen LogP contribution >= 0.6 is 0 Å². The van der Waals surface area contributed by atoms with Crippen molar-refractivity contribution in [1.82, 2.24) is 19.9 Å². The van der Waals surface area contributed by atoms with Gasteiger partial charge in [0.25, 0.3) is 0 Å². The predicted octanol–water partition coefficient (Wildman–Crippen LogP) is 9.53. The number of aromatic hydroxyl groups is 1. The van der Waals surface area contributed by atoms with Crippen LogP contribution in [0.5, 0.6) is 17.6 Å². The lowest BCUT2D eigenvalue weighted by Crippen LogP contribution is -2.43. The monoisotopic (exact) mass is 718 g/mol. The van der Waals surface area contributed by atoms with Gasteiger partial charge in [-0.15, -0.1) is 5.54 Å². The number of hydrogen-bond acceptors (Lipinski definition) is 7. The van der Waals surface area contributed by atoms with Crippen LogP contribution in [0.1, 0.15) is 87.3 Å². The third-order valence-electron chi connectivity index (χ3n) is 10.8. The number of pyridine rings is 1. The summed E-state index contributed by atoms with van der Waals surface area (Å²) in [6, 6.07) is 5.59. The Bertz CT molecular complexity index is 2020. The van der Waals surface area contributed by atoms with Gasteiger partial charge in [-0.2, -0.15) is 9.97 Å². The maximum Gasteiger partial charge on any atom is 0.320 e. The first-order valence-corrected chi connectivity index (χ1v) is 20.2. The number of fused-ring (bicyclic) bond motifs is 3. The van der Waals surface area contributed by atoms with Crippen molar-refractivity contribution in [3.05, 3.63) is 47.8 Å². The maximum atomic E-state index is 17.1. The van der Waals surface area contributed by atoms with Crippen molar-refractivity contribution in [3.63, 3.8) is 0 Å².